The lowest BCUT2D eigenvalue weighted by Crippen LogP contribution is -1.93. The molecule has 20 heavy (non-hydrogen) atoms. The molecule has 0 atom stereocenters. The van der Waals surface area contributed by atoms with E-state index >= 15 is 0 Å². The van der Waals surface area contributed by atoms with Gasteiger partial charge in [0.2, 0.25) is 0 Å². The second-order valence-corrected chi connectivity index (χ2v) is 4.51. The van der Waals surface area contributed by atoms with E-state index in [-0.39, 0.29) is 0 Å². The first kappa shape index (κ1) is 12.3. The lowest BCUT2D eigenvalue weighted by molar-refractivity contribution is 0.422. The van der Waals surface area contributed by atoms with Crippen LogP contribution in [0.25, 0.3) is 11.5 Å². The van der Waals surface area contributed by atoms with E-state index < -0.39 is 0 Å². The minimum absolute atomic E-state index is 0.452. The molecule has 0 unspecified atom stereocenters. The Kier molecular flexibility index (Phi) is 3.41. The van der Waals surface area contributed by atoms with Crippen molar-refractivity contribution in [1.82, 2.24) is 15.1 Å². The summed E-state index contributed by atoms with van der Waals surface area (Å²) in [7, 11) is 0. The van der Waals surface area contributed by atoms with E-state index in [1.165, 1.54) is 5.56 Å². The molecule has 0 aliphatic rings. The van der Waals surface area contributed by atoms with Crippen LogP contribution < -0.4 is 5.73 Å². The second-order valence-electron chi connectivity index (χ2n) is 4.51. The van der Waals surface area contributed by atoms with Gasteiger partial charge >= 0.3 is 0 Å². The highest BCUT2D eigenvalue weighted by atomic mass is 16.5. The molecular formula is C15H14N4O. The summed E-state index contributed by atoms with van der Waals surface area (Å²) in [6.07, 6.45) is 4.86. The first-order valence-electron chi connectivity index (χ1n) is 6.39. The molecule has 0 saturated heterocycles. The van der Waals surface area contributed by atoms with Crippen molar-refractivity contribution in [2.24, 2.45) is 0 Å². The molecule has 2 N–H and O–H groups in total. The van der Waals surface area contributed by atoms with E-state index in [4.69, 9.17) is 10.3 Å². The number of nitrogens with two attached hydrogens (primary N) is 1. The van der Waals surface area contributed by atoms with Gasteiger partial charge in [-0.1, -0.05) is 35.5 Å². The number of anilines is 1. The summed E-state index contributed by atoms with van der Waals surface area (Å²) in [4.78, 5) is 8.37. The van der Waals surface area contributed by atoms with Crippen molar-refractivity contribution in [3.05, 3.63) is 60.2 Å². The molecule has 0 aliphatic heterocycles. The maximum Gasteiger partial charge on any atom is 0.259 e. The summed E-state index contributed by atoms with van der Waals surface area (Å²) in [5.74, 6) is 1.14. The lowest BCUT2D eigenvalue weighted by Gasteiger charge is -1.96. The molecule has 5 nitrogen and oxygen atoms in total. The van der Waals surface area contributed by atoms with Gasteiger partial charge in [0.1, 0.15) is 0 Å². The van der Waals surface area contributed by atoms with Gasteiger partial charge in [0, 0.05) is 18.8 Å². The smallest absolute Gasteiger partial charge is 0.259 e. The topological polar surface area (TPSA) is 77.8 Å². The van der Waals surface area contributed by atoms with Gasteiger partial charge in [-0.25, -0.2) is 0 Å². The van der Waals surface area contributed by atoms with Crippen LogP contribution in [0, 0.1) is 0 Å². The van der Waals surface area contributed by atoms with Crippen LogP contribution >= 0.6 is 0 Å². The average Bonchev–Trinajstić information content (AvgIpc) is 2.95. The first-order chi connectivity index (χ1) is 9.81. The summed E-state index contributed by atoms with van der Waals surface area (Å²) in [6.45, 7) is 0. The van der Waals surface area contributed by atoms with Crippen molar-refractivity contribution in [3.63, 3.8) is 0 Å². The van der Waals surface area contributed by atoms with Gasteiger partial charge in [0.05, 0.1) is 11.3 Å². The Morgan fingerprint density at radius 3 is 2.70 bits per heavy atom. The zero-order valence-electron chi connectivity index (χ0n) is 10.9. The van der Waals surface area contributed by atoms with Crippen LogP contribution in [-0.2, 0) is 12.8 Å². The normalized spacial score (nSPS) is 10.6. The van der Waals surface area contributed by atoms with Crippen molar-refractivity contribution >= 4 is 5.69 Å². The molecule has 1 aromatic carbocycles. The third-order valence-electron chi connectivity index (χ3n) is 2.95. The Hall–Kier alpha value is -2.69. The van der Waals surface area contributed by atoms with E-state index in [0.717, 1.165) is 18.4 Å². The van der Waals surface area contributed by atoms with Crippen molar-refractivity contribution in [2.45, 2.75) is 12.8 Å². The number of rotatable bonds is 4. The summed E-state index contributed by atoms with van der Waals surface area (Å²) in [5, 5.41) is 3.98. The fourth-order valence-corrected chi connectivity index (χ4v) is 1.95. The zero-order valence-corrected chi connectivity index (χ0v) is 10.9. The van der Waals surface area contributed by atoms with Crippen LogP contribution in [0.5, 0.6) is 0 Å². The minimum Gasteiger partial charge on any atom is -0.397 e. The number of nitrogen functional groups attached to an aromatic ring is 1. The molecule has 100 valence electrons. The maximum atomic E-state index is 5.69. The Labute approximate surface area is 116 Å². The zero-order chi connectivity index (χ0) is 13.8. The number of benzene rings is 1. The molecule has 0 saturated carbocycles. The number of aryl methyl sites for hydroxylation is 2. The van der Waals surface area contributed by atoms with Gasteiger partial charge in [-0.05, 0) is 18.1 Å². The largest absolute Gasteiger partial charge is 0.397 e. The highest BCUT2D eigenvalue weighted by Crippen LogP contribution is 2.18. The quantitative estimate of drug-likeness (QED) is 0.785. The summed E-state index contributed by atoms with van der Waals surface area (Å²) in [6, 6.07) is 12.0. The Morgan fingerprint density at radius 2 is 1.90 bits per heavy atom. The van der Waals surface area contributed by atoms with E-state index in [1.807, 2.05) is 18.2 Å². The van der Waals surface area contributed by atoms with Crippen molar-refractivity contribution < 1.29 is 4.52 Å². The van der Waals surface area contributed by atoms with Crippen LogP contribution in [0.4, 0.5) is 5.69 Å². The van der Waals surface area contributed by atoms with Gasteiger partial charge < -0.3 is 10.3 Å². The van der Waals surface area contributed by atoms with Crippen LogP contribution in [0.3, 0.4) is 0 Å². The van der Waals surface area contributed by atoms with Gasteiger partial charge in [0.25, 0.3) is 5.89 Å². The van der Waals surface area contributed by atoms with E-state index in [1.54, 1.807) is 18.5 Å². The monoisotopic (exact) mass is 266 g/mol. The van der Waals surface area contributed by atoms with E-state index in [9.17, 15) is 0 Å². The van der Waals surface area contributed by atoms with Gasteiger partial charge in [-0.15, -0.1) is 0 Å². The van der Waals surface area contributed by atoms with Crippen LogP contribution in [0.1, 0.15) is 11.4 Å². The highest BCUT2D eigenvalue weighted by Gasteiger charge is 2.09. The third kappa shape index (κ3) is 2.83. The van der Waals surface area contributed by atoms with Gasteiger partial charge in [-0.2, -0.15) is 4.98 Å². The number of hydrogen-bond acceptors (Lipinski definition) is 5. The number of aromatic nitrogens is 3. The lowest BCUT2D eigenvalue weighted by atomic mass is 10.1. The van der Waals surface area contributed by atoms with Crippen molar-refractivity contribution in [2.75, 3.05) is 5.73 Å². The SMILES string of the molecule is Nc1cncc(-c2nc(CCc3ccccc3)no2)c1. The molecule has 0 amide bonds. The fraction of sp³-hybridized carbons (Fsp3) is 0.133. The third-order valence-corrected chi connectivity index (χ3v) is 2.95. The molecular weight excluding hydrogens is 252 g/mol. The van der Waals surface area contributed by atoms with Crippen LogP contribution in [-0.4, -0.2) is 15.1 Å². The molecule has 0 bridgehead atoms. The van der Waals surface area contributed by atoms with Gasteiger partial charge in [-0.3, -0.25) is 4.98 Å². The number of nitrogens with zero attached hydrogens (tertiary/aromatic N) is 3. The molecule has 0 spiro atoms. The maximum absolute atomic E-state index is 5.69. The van der Waals surface area contributed by atoms with Crippen molar-refractivity contribution in [1.29, 1.82) is 0 Å². The van der Waals surface area contributed by atoms with Crippen LogP contribution in [0.2, 0.25) is 0 Å². The molecule has 2 aromatic heterocycles. The predicted molar refractivity (Wildman–Crippen MR) is 75.8 cm³/mol. The van der Waals surface area contributed by atoms with Gasteiger partial charge in [0.15, 0.2) is 5.82 Å². The molecule has 0 radical (unpaired) electrons. The Morgan fingerprint density at radius 1 is 1.05 bits per heavy atom. The summed E-state index contributed by atoms with van der Waals surface area (Å²) in [5.41, 5.74) is 8.25. The molecule has 3 aromatic rings. The Balaban J connectivity index is 1.71. The first-order valence-corrected chi connectivity index (χ1v) is 6.39. The number of pyridine rings is 1. The minimum atomic E-state index is 0.452. The second kappa shape index (κ2) is 5.52. The van der Waals surface area contributed by atoms with Crippen molar-refractivity contribution in [3.8, 4) is 11.5 Å². The average molecular weight is 266 g/mol. The fourth-order valence-electron chi connectivity index (χ4n) is 1.95. The summed E-state index contributed by atoms with van der Waals surface area (Å²) < 4.78 is 5.24. The molecule has 0 aliphatic carbocycles. The van der Waals surface area contributed by atoms with Crippen LogP contribution in [0.15, 0.2) is 53.3 Å². The highest BCUT2D eigenvalue weighted by molar-refractivity contribution is 5.57. The molecule has 2 heterocycles. The summed E-state index contributed by atoms with van der Waals surface area (Å²) >= 11 is 0. The Bertz CT molecular complexity index is 694. The molecule has 5 heteroatoms. The predicted octanol–water partition coefficient (Wildman–Crippen LogP) is 2.50. The molecule has 0 fully saturated rings. The van der Waals surface area contributed by atoms with E-state index in [0.29, 0.717) is 17.4 Å². The standard InChI is InChI=1S/C15H14N4O/c16-13-8-12(9-17-10-13)15-18-14(19-20-15)7-6-11-4-2-1-3-5-11/h1-5,8-10H,6-7,16H2. The van der Waals surface area contributed by atoms with E-state index in [2.05, 4.69) is 27.3 Å². The molecule has 3 rings (SSSR count). The number of hydrogen-bond donors (Lipinski definition) is 1.